The van der Waals surface area contributed by atoms with Crippen LogP contribution in [0.1, 0.15) is 26.7 Å². The van der Waals surface area contributed by atoms with Crippen LogP contribution in [0.5, 0.6) is 0 Å². The first kappa shape index (κ1) is 13.9. The maximum atomic E-state index is 9.53. The Labute approximate surface area is 97.9 Å². The zero-order chi connectivity index (χ0) is 12.0. The molecule has 1 aliphatic rings. The lowest BCUT2D eigenvalue weighted by molar-refractivity contribution is -0.176. The van der Waals surface area contributed by atoms with Gasteiger partial charge in [0, 0.05) is 32.2 Å². The van der Waals surface area contributed by atoms with E-state index in [0.717, 1.165) is 12.8 Å². The summed E-state index contributed by atoms with van der Waals surface area (Å²) in [7, 11) is 1.66. The Kier molecular flexibility index (Phi) is 5.69. The van der Waals surface area contributed by atoms with Gasteiger partial charge in [-0.25, -0.2) is 0 Å². The average molecular weight is 232 g/mol. The minimum absolute atomic E-state index is 0.0864. The van der Waals surface area contributed by atoms with Crippen LogP contribution in [0, 0.1) is 5.41 Å². The van der Waals surface area contributed by atoms with Gasteiger partial charge in [0.15, 0.2) is 0 Å². The van der Waals surface area contributed by atoms with Crippen LogP contribution in [0.2, 0.25) is 0 Å². The minimum atomic E-state index is -0.213. The summed E-state index contributed by atoms with van der Waals surface area (Å²) in [6.07, 6.45) is 1.64. The number of hydrogen-bond donors (Lipinski definition) is 1. The second-order valence-corrected chi connectivity index (χ2v) is 4.89. The lowest BCUT2D eigenvalue weighted by Gasteiger charge is -2.48. The van der Waals surface area contributed by atoms with E-state index in [4.69, 9.17) is 14.2 Å². The number of aliphatic hydroxyl groups excluding tert-OH is 1. The van der Waals surface area contributed by atoms with E-state index in [1.807, 2.05) is 13.8 Å². The molecule has 0 aromatic carbocycles. The summed E-state index contributed by atoms with van der Waals surface area (Å²) in [5.41, 5.74) is -0.0864. The molecule has 2 unspecified atom stereocenters. The van der Waals surface area contributed by atoms with Crippen molar-refractivity contribution in [1.29, 1.82) is 0 Å². The van der Waals surface area contributed by atoms with Crippen molar-refractivity contribution >= 4 is 0 Å². The number of methoxy groups -OCH3 is 1. The zero-order valence-corrected chi connectivity index (χ0v) is 10.6. The number of hydrogen-bond acceptors (Lipinski definition) is 4. The summed E-state index contributed by atoms with van der Waals surface area (Å²) in [5.74, 6) is 0. The van der Waals surface area contributed by atoms with Crippen LogP contribution in [-0.4, -0.2) is 50.9 Å². The smallest absolute Gasteiger partial charge is 0.0700 e. The molecule has 0 aromatic heterocycles. The largest absolute Gasteiger partial charge is 0.392 e. The highest BCUT2D eigenvalue weighted by atomic mass is 16.5. The van der Waals surface area contributed by atoms with E-state index in [9.17, 15) is 5.11 Å². The van der Waals surface area contributed by atoms with Gasteiger partial charge in [0.1, 0.15) is 0 Å². The third-order valence-electron chi connectivity index (χ3n) is 3.31. The number of rotatable bonds is 8. The van der Waals surface area contributed by atoms with E-state index in [2.05, 4.69) is 0 Å². The van der Waals surface area contributed by atoms with Gasteiger partial charge in [0.05, 0.1) is 25.4 Å². The normalized spacial score (nSPS) is 27.8. The third-order valence-corrected chi connectivity index (χ3v) is 3.31. The molecule has 0 heterocycles. The van der Waals surface area contributed by atoms with Gasteiger partial charge in [-0.1, -0.05) is 13.8 Å². The van der Waals surface area contributed by atoms with Crippen LogP contribution in [-0.2, 0) is 14.2 Å². The SMILES string of the molecule is COCCOCCCOC1CC(O)C1(C)C. The summed E-state index contributed by atoms with van der Waals surface area (Å²) in [4.78, 5) is 0. The van der Waals surface area contributed by atoms with Crippen molar-refractivity contribution in [3.05, 3.63) is 0 Å². The summed E-state index contributed by atoms with van der Waals surface area (Å²) in [5, 5.41) is 9.53. The first-order valence-electron chi connectivity index (χ1n) is 5.95. The van der Waals surface area contributed by atoms with Crippen molar-refractivity contribution < 1.29 is 19.3 Å². The highest BCUT2D eigenvalue weighted by Crippen LogP contribution is 2.42. The van der Waals surface area contributed by atoms with Crippen molar-refractivity contribution in [2.45, 2.75) is 38.9 Å². The topological polar surface area (TPSA) is 47.9 Å². The van der Waals surface area contributed by atoms with Crippen molar-refractivity contribution in [2.24, 2.45) is 5.41 Å². The Balaban J connectivity index is 1.93. The maximum absolute atomic E-state index is 9.53. The molecule has 0 saturated heterocycles. The van der Waals surface area contributed by atoms with Gasteiger partial charge in [0.25, 0.3) is 0 Å². The standard InChI is InChI=1S/C12H24O4/c1-12(2)10(13)9-11(12)16-6-4-5-15-8-7-14-3/h10-11,13H,4-9H2,1-3H3. The Morgan fingerprint density at radius 1 is 1.19 bits per heavy atom. The van der Waals surface area contributed by atoms with Crippen molar-refractivity contribution in [3.63, 3.8) is 0 Å². The molecule has 0 radical (unpaired) electrons. The second-order valence-electron chi connectivity index (χ2n) is 4.89. The lowest BCUT2D eigenvalue weighted by atomic mass is 9.66. The van der Waals surface area contributed by atoms with Crippen LogP contribution < -0.4 is 0 Å². The van der Waals surface area contributed by atoms with E-state index < -0.39 is 0 Å². The van der Waals surface area contributed by atoms with Crippen molar-refractivity contribution in [3.8, 4) is 0 Å². The lowest BCUT2D eigenvalue weighted by Crippen LogP contribution is -2.54. The van der Waals surface area contributed by atoms with Gasteiger partial charge < -0.3 is 19.3 Å². The van der Waals surface area contributed by atoms with Gasteiger partial charge in [-0.3, -0.25) is 0 Å². The van der Waals surface area contributed by atoms with E-state index in [1.165, 1.54) is 0 Å². The molecule has 16 heavy (non-hydrogen) atoms. The molecule has 0 bridgehead atoms. The van der Waals surface area contributed by atoms with Gasteiger partial charge in [-0.2, -0.15) is 0 Å². The van der Waals surface area contributed by atoms with Crippen molar-refractivity contribution in [2.75, 3.05) is 33.5 Å². The molecule has 1 saturated carbocycles. The van der Waals surface area contributed by atoms with E-state index in [0.29, 0.717) is 26.4 Å². The van der Waals surface area contributed by atoms with Crippen LogP contribution in [0.3, 0.4) is 0 Å². The molecular formula is C12H24O4. The van der Waals surface area contributed by atoms with Gasteiger partial charge >= 0.3 is 0 Å². The minimum Gasteiger partial charge on any atom is -0.392 e. The molecule has 4 heteroatoms. The molecule has 1 rings (SSSR count). The number of ether oxygens (including phenoxy) is 3. The quantitative estimate of drug-likeness (QED) is 0.639. The monoisotopic (exact) mass is 232 g/mol. The first-order chi connectivity index (χ1) is 7.59. The van der Waals surface area contributed by atoms with Gasteiger partial charge in [0.2, 0.25) is 0 Å². The summed E-state index contributed by atoms with van der Waals surface area (Å²) >= 11 is 0. The van der Waals surface area contributed by atoms with E-state index >= 15 is 0 Å². The zero-order valence-electron chi connectivity index (χ0n) is 10.6. The highest BCUT2D eigenvalue weighted by molar-refractivity contribution is 4.98. The van der Waals surface area contributed by atoms with Crippen LogP contribution >= 0.6 is 0 Å². The molecule has 0 spiro atoms. The van der Waals surface area contributed by atoms with Gasteiger partial charge in [-0.15, -0.1) is 0 Å². The number of aliphatic hydroxyl groups is 1. The fraction of sp³-hybridized carbons (Fsp3) is 1.00. The predicted molar refractivity (Wildman–Crippen MR) is 61.5 cm³/mol. The van der Waals surface area contributed by atoms with Gasteiger partial charge in [-0.05, 0) is 6.42 Å². The Bertz CT molecular complexity index is 193. The first-order valence-corrected chi connectivity index (χ1v) is 5.95. The molecule has 0 aliphatic heterocycles. The Morgan fingerprint density at radius 3 is 2.50 bits per heavy atom. The molecule has 0 amide bonds. The maximum Gasteiger partial charge on any atom is 0.0700 e. The summed E-state index contributed by atoms with van der Waals surface area (Å²) in [6.45, 7) is 6.78. The fourth-order valence-corrected chi connectivity index (χ4v) is 1.78. The predicted octanol–water partition coefficient (Wildman–Crippen LogP) is 1.22. The van der Waals surface area contributed by atoms with Crippen LogP contribution in [0.15, 0.2) is 0 Å². The van der Waals surface area contributed by atoms with E-state index in [1.54, 1.807) is 7.11 Å². The molecule has 1 fully saturated rings. The molecule has 96 valence electrons. The third kappa shape index (κ3) is 3.70. The second kappa shape index (κ2) is 6.55. The molecule has 2 atom stereocenters. The van der Waals surface area contributed by atoms with Crippen molar-refractivity contribution in [1.82, 2.24) is 0 Å². The fourth-order valence-electron chi connectivity index (χ4n) is 1.78. The Morgan fingerprint density at radius 2 is 1.94 bits per heavy atom. The molecule has 4 nitrogen and oxygen atoms in total. The summed E-state index contributed by atoms with van der Waals surface area (Å²) < 4.78 is 15.9. The summed E-state index contributed by atoms with van der Waals surface area (Å²) in [6, 6.07) is 0. The molecule has 1 aliphatic carbocycles. The molecular weight excluding hydrogens is 208 g/mol. The molecule has 0 aromatic rings. The van der Waals surface area contributed by atoms with Crippen LogP contribution in [0.4, 0.5) is 0 Å². The van der Waals surface area contributed by atoms with Crippen LogP contribution in [0.25, 0.3) is 0 Å². The highest BCUT2D eigenvalue weighted by Gasteiger charge is 2.47. The molecule has 1 N–H and O–H groups in total. The average Bonchev–Trinajstić information content (AvgIpc) is 2.26. The Hall–Kier alpha value is -0.160. The van der Waals surface area contributed by atoms with E-state index in [-0.39, 0.29) is 17.6 Å².